The van der Waals surface area contributed by atoms with Gasteiger partial charge in [-0.05, 0) is 0 Å². The van der Waals surface area contributed by atoms with Gasteiger partial charge in [0.25, 0.3) is 0 Å². The molecular weight excluding hydrogens is 279 g/mol. The van der Waals surface area contributed by atoms with Gasteiger partial charge < -0.3 is 0 Å². The molecule has 0 aliphatic rings. The van der Waals surface area contributed by atoms with Crippen molar-refractivity contribution in [2.24, 2.45) is 0 Å². The zero-order valence-electron chi connectivity index (χ0n) is 10.1. The first-order valence-corrected chi connectivity index (χ1v) is 11.2. The fourth-order valence-electron chi connectivity index (χ4n) is 1.14. The monoisotopic (exact) mass is 296 g/mol. The number of benzene rings is 1. The van der Waals surface area contributed by atoms with Crippen molar-refractivity contribution in [3.8, 4) is 11.5 Å². The Kier molecular flexibility index (Phi) is 4.55. The van der Waals surface area contributed by atoms with Crippen molar-refractivity contribution in [2.75, 3.05) is 0 Å². The van der Waals surface area contributed by atoms with Gasteiger partial charge in [0.2, 0.25) is 0 Å². The summed E-state index contributed by atoms with van der Waals surface area (Å²) in [5.74, 6) is 4.89. The van der Waals surface area contributed by atoms with Crippen LogP contribution in [0, 0.1) is 11.5 Å². The van der Waals surface area contributed by atoms with E-state index in [9.17, 15) is 4.79 Å². The van der Waals surface area contributed by atoms with E-state index in [0.717, 1.165) is 10.0 Å². The molecular formula is C13H16OSeSi. The van der Waals surface area contributed by atoms with Crippen LogP contribution in [0.15, 0.2) is 24.3 Å². The van der Waals surface area contributed by atoms with Gasteiger partial charge in [-0.25, -0.2) is 0 Å². The maximum atomic E-state index is 11.9. The van der Waals surface area contributed by atoms with Gasteiger partial charge in [0.1, 0.15) is 0 Å². The number of ketones is 1. The topological polar surface area (TPSA) is 17.1 Å². The predicted octanol–water partition coefficient (Wildman–Crippen LogP) is 2.13. The Morgan fingerprint density at radius 3 is 2.44 bits per heavy atom. The molecule has 0 spiro atoms. The van der Waals surface area contributed by atoms with E-state index in [1.807, 2.05) is 24.3 Å². The van der Waals surface area contributed by atoms with Crippen molar-refractivity contribution in [3.05, 3.63) is 29.8 Å². The molecule has 0 aromatic heterocycles. The van der Waals surface area contributed by atoms with Crippen LogP contribution in [0.5, 0.6) is 0 Å². The zero-order valence-corrected chi connectivity index (χ0v) is 12.8. The van der Waals surface area contributed by atoms with Gasteiger partial charge >= 0.3 is 105 Å². The number of hydrogen-bond donors (Lipinski definition) is 0. The van der Waals surface area contributed by atoms with Crippen LogP contribution in [-0.4, -0.2) is 28.8 Å². The Balaban J connectivity index is 3.00. The van der Waals surface area contributed by atoms with Crippen LogP contribution in [0.4, 0.5) is 0 Å². The molecule has 84 valence electrons. The summed E-state index contributed by atoms with van der Waals surface area (Å²) in [5, 5.41) is 0. The second kappa shape index (κ2) is 5.50. The molecule has 1 aromatic rings. The summed E-state index contributed by atoms with van der Waals surface area (Å²) in [6.45, 7) is 6.43. The van der Waals surface area contributed by atoms with Gasteiger partial charge in [0.15, 0.2) is 0 Å². The van der Waals surface area contributed by atoms with Gasteiger partial charge in [-0.2, -0.15) is 0 Å². The summed E-state index contributed by atoms with van der Waals surface area (Å²) >= 11 is 0.340. The van der Waals surface area contributed by atoms with Crippen LogP contribution in [0.3, 0.4) is 0 Å². The summed E-state index contributed by atoms with van der Waals surface area (Å²) in [7, 11) is -1.46. The standard InChI is InChI=1S/C13H16OSeSi/c1-15-13-8-6-5-7-11(13)12(14)9-10-16(2,3)4/h5-8H,1-4H3. The third kappa shape index (κ3) is 3.98. The molecule has 0 aliphatic heterocycles. The number of carbonyl (C=O) groups is 1. The Hall–Kier alpha value is -0.814. The maximum absolute atomic E-state index is 11.9. The summed E-state index contributed by atoms with van der Waals surface area (Å²) in [6, 6.07) is 7.77. The van der Waals surface area contributed by atoms with Crippen molar-refractivity contribution in [1.82, 2.24) is 0 Å². The second-order valence-corrected chi connectivity index (χ2v) is 11.1. The number of Topliss-reactive ketones (excluding diaryl/α,β-unsaturated/α-hetero) is 1. The van der Waals surface area contributed by atoms with E-state index in [1.165, 1.54) is 0 Å². The molecule has 1 aromatic carbocycles. The normalized spacial score (nSPS) is 10.5. The van der Waals surface area contributed by atoms with Gasteiger partial charge in [-0.1, -0.05) is 0 Å². The first-order valence-electron chi connectivity index (χ1n) is 5.14. The molecule has 0 saturated carbocycles. The Morgan fingerprint density at radius 1 is 1.25 bits per heavy atom. The first kappa shape index (κ1) is 13.3. The molecule has 0 fully saturated rings. The first-order chi connectivity index (χ1) is 7.44. The third-order valence-electron chi connectivity index (χ3n) is 1.90. The molecule has 0 amide bonds. The number of carbonyl (C=O) groups excluding carboxylic acids is 1. The van der Waals surface area contributed by atoms with E-state index in [-0.39, 0.29) is 5.78 Å². The van der Waals surface area contributed by atoms with Crippen LogP contribution in [0.25, 0.3) is 0 Å². The average molecular weight is 295 g/mol. The van der Waals surface area contributed by atoms with Crippen LogP contribution < -0.4 is 4.46 Å². The quantitative estimate of drug-likeness (QED) is 0.464. The Morgan fingerprint density at radius 2 is 1.88 bits per heavy atom. The van der Waals surface area contributed by atoms with Gasteiger partial charge in [-0.15, -0.1) is 0 Å². The molecule has 0 aliphatic carbocycles. The minimum atomic E-state index is -1.46. The van der Waals surface area contributed by atoms with Crippen LogP contribution in [-0.2, 0) is 0 Å². The molecule has 1 rings (SSSR count). The second-order valence-electron chi connectivity index (χ2n) is 4.53. The van der Waals surface area contributed by atoms with Crippen LogP contribution >= 0.6 is 0 Å². The van der Waals surface area contributed by atoms with E-state index >= 15 is 0 Å². The van der Waals surface area contributed by atoms with Crippen LogP contribution in [0.2, 0.25) is 25.5 Å². The third-order valence-corrected chi connectivity index (χ3v) is 4.45. The van der Waals surface area contributed by atoms with Crippen molar-refractivity contribution in [3.63, 3.8) is 0 Å². The molecule has 0 unspecified atom stereocenters. The summed E-state index contributed by atoms with van der Waals surface area (Å²) < 4.78 is 1.14. The van der Waals surface area contributed by atoms with Gasteiger partial charge in [-0.3, -0.25) is 0 Å². The molecule has 0 bridgehead atoms. The Bertz CT molecular complexity index is 449. The van der Waals surface area contributed by atoms with Crippen molar-refractivity contribution in [2.45, 2.75) is 25.5 Å². The van der Waals surface area contributed by atoms with Crippen LogP contribution in [0.1, 0.15) is 10.4 Å². The predicted molar refractivity (Wildman–Crippen MR) is 73.1 cm³/mol. The Labute approximate surface area is 105 Å². The van der Waals surface area contributed by atoms with Crippen molar-refractivity contribution >= 4 is 33.3 Å². The van der Waals surface area contributed by atoms with E-state index in [4.69, 9.17) is 0 Å². The van der Waals surface area contributed by atoms with Crippen molar-refractivity contribution < 1.29 is 4.79 Å². The van der Waals surface area contributed by atoms with Gasteiger partial charge in [0, 0.05) is 0 Å². The van der Waals surface area contributed by atoms with E-state index in [0.29, 0.717) is 15.0 Å². The summed E-state index contributed by atoms with van der Waals surface area (Å²) in [4.78, 5) is 11.9. The molecule has 0 saturated heterocycles. The van der Waals surface area contributed by atoms with Crippen molar-refractivity contribution in [1.29, 1.82) is 0 Å². The minimum absolute atomic E-state index is 0.0262. The van der Waals surface area contributed by atoms with E-state index in [1.54, 1.807) is 0 Å². The summed E-state index contributed by atoms with van der Waals surface area (Å²) in [6.07, 6.45) is 0. The molecule has 1 nitrogen and oxygen atoms in total. The molecule has 0 heterocycles. The number of hydrogen-bond acceptors (Lipinski definition) is 1. The average Bonchev–Trinajstić information content (AvgIpc) is 2.25. The van der Waals surface area contributed by atoms with Gasteiger partial charge in [0.05, 0.1) is 0 Å². The van der Waals surface area contributed by atoms with E-state index < -0.39 is 8.07 Å². The SMILES string of the molecule is C[Se]c1ccccc1C(=O)C#C[Si](C)(C)C. The molecule has 0 N–H and O–H groups in total. The molecule has 3 heteroatoms. The fraction of sp³-hybridized carbons (Fsp3) is 0.308. The van der Waals surface area contributed by atoms with E-state index in [2.05, 4.69) is 36.9 Å². The number of rotatable bonds is 2. The fourth-order valence-corrected chi connectivity index (χ4v) is 2.88. The summed E-state index contributed by atoms with van der Waals surface area (Å²) in [5.41, 5.74) is 3.91. The zero-order chi connectivity index (χ0) is 12.2. The molecule has 0 radical (unpaired) electrons. The molecule has 0 atom stereocenters. The molecule has 16 heavy (non-hydrogen) atoms.